The SMILES string of the molecule is CCN(CCCCC(=O)OC)c1cc2c(cc1CN(Cc1cc(C)cc(C(F)(F)F)c1)c1ccn(C)n1)CCC2. The van der Waals surface area contributed by atoms with Crippen molar-refractivity contribution in [3.8, 4) is 0 Å². The summed E-state index contributed by atoms with van der Waals surface area (Å²) >= 11 is 0. The number of esters is 1. The summed E-state index contributed by atoms with van der Waals surface area (Å²) in [6.07, 6.45) is 2.65. The number of halogens is 3. The van der Waals surface area contributed by atoms with Crippen LogP contribution in [0, 0.1) is 6.92 Å². The second-order valence-corrected chi connectivity index (χ2v) is 10.6. The minimum atomic E-state index is -4.40. The number of unbranched alkanes of at least 4 members (excludes halogenated alkanes) is 1. The van der Waals surface area contributed by atoms with Crippen molar-refractivity contribution in [2.45, 2.75) is 71.6 Å². The Balaban J connectivity index is 1.66. The number of nitrogens with zero attached hydrogens (tertiary/aromatic N) is 4. The van der Waals surface area contributed by atoms with Gasteiger partial charge in [0.1, 0.15) is 0 Å². The van der Waals surface area contributed by atoms with Crippen LogP contribution in [0.15, 0.2) is 42.6 Å². The summed E-state index contributed by atoms with van der Waals surface area (Å²) in [5.74, 6) is 0.516. The fourth-order valence-corrected chi connectivity index (χ4v) is 5.54. The predicted molar refractivity (Wildman–Crippen MR) is 151 cm³/mol. The van der Waals surface area contributed by atoms with E-state index in [2.05, 4.69) is 34.0 Å². The normalized spacial score (nSPS) is 12.9. The minimum absolute atomic E-state index is 0.197. The smallest absolute Gasteiger partial charge is 0.416 e. The van der Waals surface area contributed by atoms with Crippen LogP contribution in [-0.2, 0) is 48.7 Å². The van der Waals surface area contributed by atoms with Gasteiger partial charge in [0.05, 0.1) is 12.7 Å². The fourth-order valence-electron chi connectivity index (χ4n) is 5.54. The molecule has 1 aliphatic rings. The average molecular weight is 557 g/mol. The van der Waals surface area contributed by atoms with Gasteiger partial charge in [0.15, 0.2) is 5.82 Å². The zero-order valence-corrected chi connectivity index (χ0v) is 23.9. The van der Waals surface area contributed by atoms with Crippen molar-refractivity contribution in [1.29, 1.82) is 0 Å². The molecule has 0 atom stereocenters. The Morgan fingerprint density at radius 3 is 2.45 bits per heavy atom. The molecule has 0 saturated carbocycles. The minimum Gasteiger partial charge on any atom is -0.469 e. The molecule has 4 rings (SSSR count). The van der Waals surface area contributed by atoms with Gasteiger partial charge in [-0.2, -0.15) is 18.3 Å². The van der Waals surface area contributed by atoms with Gasteiger partial charge in [-0.25, -0.2) is 0 Å². The molecule has 0 amide bonds. The van der Waals surface area contributed by atoms with E-state index >= 15 is 0 Å². The summed E-state index contributed by atoms with van der Waals surface area (Å²) in [6.45, 7) is 6.23. The number of aryl methyl sites for hydroxylation is 4. The third kappa shape index (κ3) is 7.37. The molecule has 1 aliphatic carbocycles. The lowest BCUT2D eigenvalue weighted by Gasteiger charge is -2.30. The molecule has 0 N–H and O–H groups in total. The Morgan fingerprint density at radius 1 is 1.05 bits per heavy atom. The van der Waals surface area contributed by atoms with Crippen molar-refractivity contribution in [1.82, 2.24) is 9.78 Å². The molecule has 0 unspecified atom stereocenters. The Morgan fingerprint density at radius 2 is 1.80 bits per heavy atom. The molecule has 2 aromatic carbocycles. The van der Waals surface area contributed by atoms with E-state index in [1.54, 1.807) is 11.6 Å². The van der Waals surface area contributed by atoms with E-state index in [0.29, 0.717) is 36.5 Å². The molecule has 40 heavy (non-hydrogen) atoms. The maximum atomic E-state index is 13.6. The van der Waals surface area contributed by atoms with E-state index < -0.39 is 11.7 Å². The van der Waals surface area contributed by atoms with E-state index in [4.69, 9.17) is 4.74 Å². The lowest BCUT2D eigenvalue weighted by molar-refractivity contribution is -0.140. The lowest BCUT2D eigenvalue weighted by atomic mass is 10.0. The number of methoxy groups -OCH3 is 1. The molecule has 0 aliphatic heterocycles. The highest BCUT2D eigenvalue weighted by Crippen LogP contribution is 2.34. The van der Waals surface area contributed by atoms with Gasteiger partial charge in [-0.1, -0.05) is 17.7 Å². The van der Waals surface area contributed by atoms with Crippen LogP contribution in [-0.4, -0.2) is 35.9 Å². The summed E-state index contributed by atoms with van der Waals surface area (Å²) in [4.78, 5) is 16.0. The van der Waals surface area contributed by atoms with Crippen LogP contribution in [0.3, 0.4) is 0 Å². The van der Waals surface area contributed by atoms with Crippen molar-refractivity contribution >= 4 is 17.5 Å². The van der Waals surface area contributed by atoms with Crippen LogP contribution in [0.4, 0.5) is 24.7 Å². The number of anilines is 2. The van der Waals surface area contributed by atoms with Gasteiger partial charge in [-0.05, 0) is 86.4 Å². The Kier molecular flexibility index (Phi) is 9.43. The van der Waals surface area contributed by atoms with E-state index in [-0.39, 0.29) is 5.97 Å². The summed E-state index contributed by atoms with van der Waals surface area (Å²) in [7, 11) is 3.25. The van der Waals surface area contributed by atoms with Gasteiger partial charge in [0.2, 0.25) is 0 Å². The zero-order valence-electron chi connectivity index (χ0n) is 23.9. The number of hydrogen-bond donors (Lipinski definition) is 0. The summed E-state index contributed by atoms with van der Waals surface area (Å²) in [5.41, 5.74) is 5.52. The molecular formula is C31H39F3N4O2. The van der Waals surface area contributed by atoms with Crippen molar-refractivity contribution in [3.05, 3.63) is 76.0 Å². The van der Waals surface area contributed by atoms with Gasteiger partial charge in [0, 0.05) is 57.6 Å². The third-order valence-corrected chi connectivity index (χ3v) is 7.52. The molecule has 0 saturated heterocycles. The van der Waals surface area contributed by atoms with Crippen molar-refractivity contribution in [3.63, 3.8) is 0 Å². The first kappa shape index (κ1) is 29.5. The number of fused-ring (bicyclic) bond motifs is 1. The lowest BCUT2D eigenvalue weighted by Crippen LogP contribution is -2.28. The van der Waals surface area contributed by atoms with E-state index in [9.17, 15) is 18.0 Å². The second-order valence-electron chi connectivity index (χ2n) is 10.6. The first-order chi connectivity index (χ1) is 19.1. The molecule has 1 aromatic heterocycles. The quantitative estimate of drug-likeness (QED) is 0.186. The zero-order chi connectivity index (χ0) is 28.9. The summed E-state index contributed by atoms with van der Waals surface area (Å²) in [5, 5.41) is 4.61. The highest BCUT2D eigenvalue weighted by molar-refractivity contribution is 5.69. The maximum absolute atomic E-state index is 13.6. The molecule has 6 nitrogen and oxygen atoms in total. The first-order valence-electron chi connectivity index (χ1n) is 14.0. The monoisotopic (exact) mass is 556 g/mol. The van der Waals surface area contributed by atoms with Crippen LogP contribution in [0.5, 0.6) is 0 Å². The summed E-state index contributed by atoms with van der Waals surface area (Å²) in [6, 6.07) is 10.7. The largest absolute Gasteiger partial charge is 0.469 e. The van der Waals surface area contributed by atoms with Gasteiger partial charge >= 0.3 is 12.1 Å². The van der Waals surface area contributed by atoms with Gasteiger partial charge in [-0.15, -0.1) is 0 Å². The van der Waals surface area contributed by atoms with E-state index in [1.807, 2.05) is 25.4 Å². The van der Waals surface area contributed by atoms with Crippen molar-refractivity contribution < 1.29 is 22.7 Å². The molecule has 3 aromatic rings. The molecule has 0 radical (unpaired) electrons. The number of alkyl halides is 3. The highest BCUT2D eigenvalue weighted by Gasteiger charge is 2.31. The Labute approximate surface area is 234 Å². The Hall–Kier alpha value is -3.49. The van der Waals surface area contributed by atoms with Gasteiger partial charge < -0.3 is 14.5 Å². The molecule has 9 heteroatoms. The molecule has 1 heterocycles. The standard InChI is InChI=1S/C31H39F3N4O2/c1-5-37(13-7-6-11-30(39)40-4)28-19-25-10-8-9-24(25)18-26(28)21-38(29-12-14-36(3)35-29)20-23-15-22(2)16-27(17-23)31(32,33)34/h12,14-19H,5-11,13,20-21H2,1-4H3. The van der Waals surface area contributed by atoms with Crippen molar-refractivity contribution in [2.75, 3.05) is 30.0 Å². The number of ether oxygens (including phenoxy) is 1. The van der Waals surface area contributed by atoms with Crippen LogP contribution < -0.4 is 9.80 Å². The maximum Gasteiger partial charge on any atom is 0.416 e. The number of rotatable bonds is 12. The number of carbonyl (C=O) groups is 1. The van der Waals surface area contributed by atoms with Gasteiger partial charge in [-0.3, -0.25) is 9.48 Å². The highest BCUT2D eigenvalue weighted by atomic mass is 19.4. The Bertz CT molecular complexity index is 1320. The van der Waals surface area contributed by atoms with Crippen LogP contribution >= 0.6 is 0 Å². The molecule has 0 spiro atoms. The van der Waals surface area contributed by atoms with Crippen LogP contribution in [0.2, 0.25) is 0 Å². The number of aromatic nitrogens is 2. The van der Waals surface area contributed by atoms with Gasteiger partial charge in [0.25, 0.3) is 0 Å². The number of hydrogen-bond acceptors (Lipinski definition) is 5. The molecular weight excluding hydrogens is 517 g/mol. The van der Waals surface area contributed by atoms with Crippen molar-refractivity contribution in [2.24, 2.45) is 7.05 Å². The summed E-state index contributed by atoms with van der Waals surface area (Å²) < 4.78 is 47.3. The fraction of sp³-hybridized carbons (Fsp3) is 0.484. The molecule has 0 fully saturated rings. The first-order valence-corrected chi connectivity index (χ1v) is 14.0. The van der Waals surface area contributed by atoms with Crippen LogP contribution in [0.1, 0.15) is 66.0 Å². The van der Waals surface area contributed by atoms with Crippen LogP contribution in [0.25, 0.3) is 0 Å². The second kappa shape index (κ2) is 12.8. The molecule has 0 bridgehead atoms. The third-order valence-electron chi connectivity index (χ3n) is 7.52. The average Bonchev–Trinajstić information content (AvgIpc) is 3.55. The molecule has 216 valence electrons. The predicted octanol–water partition coefficient (Wildman–Crippen LogP) is 6.61. The topological polar surface area (TPSA) is 50.6 Å². The number of carbonyl (C=O) groups excluding carboxylic acids is 1. The number of benzene rings is 2. The van der Waals surface area contributed by atoms with E-state index in [1.165, 1.54) is 30.4 Å². The van der Waals surface area contributed by atoms with E-state index in [0.717, 1.165) is 56.4 Å².